The molecule has 15 heavy (non-hydrogen) atoms. The number of hydrogen-bond acceptors (Lipinski definition) is 2. The Morgan fingerprint density at radius 2 is 2.13 bits per heavy atom. The predicted molar refractivity (Wildman–Crippen MR) is 52.7 cm³/mol. The molecule has 0 bridgehead atoms. The molecule has 1 aromatic rings. The van der Waals surface area contributed by atoms with Crippen molar-refractivity contribution in [1.29, 1.82) is 0 Å². The zero-order valence-corrected chi connectivity index (χ0v) is 8.47. The molecule has 0 atom stereocenters. The Morgan fingerprint density at radius 3 is 2.67 bits per heavy atom. The van der Waals surface area contributed by atoms with Crippen LogP contribution in [0.5, 0.6) is 5.75 Å². The van der Waals surface area contributed by atoms with Crippen LogP contribution in [0, 0.1) is 0 Å². The number of halogens is 3. The van der Waals surface area contributed by atoms with E-state index in [0.29, 0.717) is 0 Å². The summed E-state index contributed by atoms with van der Waals surface area (Å²) < 4.78 is 24.7. The normalized spacial score (nSPS) is 10.7. The molecule has 0 heterocycles. The quantitative estimate of drug-likeness (QED) is 0.642. The predicted octanol–water partition coefficient (Wildman–Crippen LogP) is 3.14. The lowest BCUT2D eigenvalue weighted by atomic mass is 10.1. The Morgan fingerprint density at radius 1 is 1.47 bits per heavy atom. The second-order valence-electron chi connectivity index (χ2n) is 2.94. The lowest BCUT2D eigenvalue weighted by Crippen LogP contribution is -2.00. The van der Waals surface area contributed by atoms with Crippen LogP contribution in [0.2, 0.25) is 0 Å². The second kappa shape index (κ2) is 5.07. The van der Waals surface area contributed by atoms with Crippen LogP contribution in [0.15, 0.2) is 18.2 Å². The van der Waals surface area contributed by atoms with Crippen molar-refractivity contribution in [3.63, 3.8) is 0 Å². The van der Waals surface area contributed by atoms with Gasteiger partial charge < -0.3 is 5.11 Å². The first kappa shape index (κ1) is 11.9. The summed E-state index contributed by atoms with van der Waals surface area (Å²) in [7, 11) is 0. The highest BCUT2D eigenvalue weighted by Gasteiger charge is 2.15. The van der Waals surface area contributed by atoms with Crippen molar-refractivity contribution in [2.75, 3.05) is 5.88 Å². The molecule has 0 radical (unpaired) electrons. The van der Waals surface area contributed by atoms with Crippen LogP contribution in [0.3, 0.4) is 0 Å². The van der Waals surface area contributed by atoms with Gasteiger partial charge >= 0.3 is 0 Å². The maximum absolute atomic E-state index is 12.4. The smallest absolute Gasteiger partial charge is 0.267 e. The first-order valence-electron chi connectivity index (χ1n) is 4.26. The number of ketones is 1. The van der Waals surface area contributed by atoms with Gasteiger partial charge in [-0.2, -0.15) is 0 Å². The standard InChI is InChI=1S/C10H9ClF2O2/c11-4-3-8(14)6-1-2-9(15)7(5-6)10(12)13/h1-2,5,10,15H,3-4H2. The monoisotopic (exact) mass is 234 g/mol. The molecule has 2 nitrogen and oxygen atoms in total. The van der Waals surface area contributed by atoms with Crippen LogP contribution in [0.1, 0.15) is 28.8 Å². The molecule has 0 aromatic heterocycles. The van der Waals surface area contributed by atoms with Crippen LogP contribution in [0.25, 0.3) is 0 Å². The van der Waals surface area contributed by atoms with Gasteiger partial charge in [-0.3, -0.25) is 4.79 Å². The molecule has 0 aliphatic heterocycles. The minimum atomic E-state index is -2.80. The lowest BCUT2D eigenvalue weighted by molar-refractivity contribution is 0.0988. The molecular formula is C10H9ClF2O2. The van der Waals surface area contributed by atoms with Crippen molar-refractivity contribution in [3.8, 4) is 5.75 Å². The van der Waals surface area contributed by atoms with E-state index in [4.69, 9.17) is 16.7 Å². The molecule has 0 saturated carbocycles. The van der Waals surface area contributed by atoms with E-state index in [9.17, 15) is 13.6 Å². The molecule has 1 aromatic carbocycles. The molecular weight excluding hydrogens is 226 g/mol. The molecule has 0 aliphatic carbocycles. The fourth-order valence-corrected chi connectivity index (χ4v) is 1.30. The van der Waals surface area contributed by atoms with Crippen molar-refractivity contribution >= 4 is 17.4 Å². The van der Waals surface area contributed by atoms with E-state index in [-0.39, 0.29) is 23.6 Å². The molecule has 0 aliphatic rings. The third-order valence-corrected chi connectivity index (χ3v) is 2.10. The molecule has 1 N–H and O–H groups in total. The van der Waals surface area contributed by atoms with Gasteiger partial charge in [0.2, 0.25) is 0 Å². The number of phenolic OH excluding ortho intramolecular Hbond substituents is 1. The zero-order valence-electron chi connectivity index (χ0n) is 7.71. The summed E-state index contributed by atoms with van der Waals surface area (Å²) in [6.45, 7) is 0. The highest BCUT2D eigenvalue weighted by Crippen LogP contribution is 2.29. The van der Waals surface area contributed by atoms with E-state index >= 15 is 0 Å². The van der Waals surface area contributed by atoms with Crippen molar-refractivity contribution in [2.45, 2.75) is 12.8 Å². The van der Waals surface area contributed by atoms with Gasteiger partial charge in [0.05, 0.1) is 5.56 Å². The summed E-state index contributed by atoms with van der Waals surface area (Å²) in [6.07, 6.45) is -2.71. The Bertz CT molecular complexity index is 366. The van der Waals surface area contributed by atoms with Gasteiger partial charge in [-0.25, -0.2) is 8.78 Å². The SMILES string of the molecule is O=C(CCCl)c1ccc(O)c(C(F)F)c1. The minimum absolute atomic E-state index is 0.0923. The molecule has 1 rings (SSSR count). The third-order valence-electron chi connectivity index (χ3n) is 1.91. The number of Topliss-reactive ketones (excluding diaryl/α,β-unsaturated/α-hetero) is 1. The average Bonchev–Trinajstić information content (AvgIpc) is 2.18. The van der Waals surface area contributed by atoms with E-state index in [1.54, 1.807) is 0 Å². The van der Waals surface area contributed by atoms with Gasteiger partial charge in [-0.1, -0.05) is 0 Å². The molecule has 5 heteroatoms. The van der Waals surface area contributed by atoms with E-state index in [0.717, 1.165) is 12.1 Å². The van der Waals surface area contributed by atoms with Crippen LogP contribution in [-0.2, 0) is 0 Å². The first-order chi connectivity index (χ1) is 7.06. The number of hydrogen-bond donors (Lipinski definition) is 1. The number of phenols is 1. The molecule has 82 valence electrons. The second-order valence-corrected chi connectivity index (χ2v) is 3.31. The number of benzene rings is 1. The summed E-state index contributed by atoms with van der Waals surface area (Å²) >= 11 is 5.36. The van der Waals surface area contributed by atoms with E-state index in [1.165, 1.54) is 6.07 Å². The summed E-state index contributed by atoms with van der Waals surface area (Å²) in [5.74, 6) is -0.677. The average molecular weight is 235 g/mol. The van der Waals surface area contributed by atoms with Gasteiger partial charge in [0.15, 0.2) is 5.78 Å². The van der Waals surface area contributed by atoms with Crippen molar-refractivity contribution in [2.24, 2.45) is 0 Å². The molecule has 0 spiro atoms. The highest BCUT2D eigenvalue weighted by molar-refractivity contribution is 6.19. The highest BCUT2D eigenvalue weighted by atomic mass is 35.5. The van der Waals surface area contributed by atoms with Gasteiger partial charge in [0, 0.05) is 17.9 Å². The molecule has 0 saturated heterocycles. The van der Waals surface area contributed by atoms with E-state index < -0.39 is 17.7 Å². The summed E-state index contributed by atoms with van der Waals surface area (Å²) in [5, 5.41) is 9.10. The van der Waals surface area contributed by atoms with Gasteiger partial charge in [0.1, 0.15) is 5.75 Å². The molecule has 0 amide bonds. The number of carbonyl (C=O) groups excluding carboxylic acids is 1. The van der Waals surface area contributed by atoms with Crippen LogP contribution in [0.4, 0.5) is 8.78 Å². The number of carbonyl (C=O) groups is 1. The van der Waals surface area contributed by atoms with Gasteiger partial charge in [0.25, 0.3) is 6.43 Å². The van der Waals surface area contributed by atoms with Crippen LogP contribution in [-0.4, -0.2) is 16.8 Å². The fraction of sp³-hybridized carbons (Fsp3) is 0.300. The fourth-order valence-electron chi connectivity index (χ4n) is 1.13. The largest absolute Gasteiger partial charge is 0.507 e. The van der Waals surface area contributed by atoms with Crippen molar-refractivity contribution in [3.05, 3.63) is 29.3 Å². The van der Waals surface area contributed by atoms with E-state index in [1.807, 2.05) is 0 Å². The van der Waals surface area contributed by atoms with Crippen LogP contribution < -0.4 is 0 Å². The Labute approximate surface area is 90.5 Å². The van der Waals surface area contributed by atoms with Gasteiger partial charge in [-0.05, 0) is 18.2 Å². The summed E-state index contributed by atoms with van der Waals surface area (Å²) in [4.78, 5) is 11.3. The molecule has 0 unspecified atom stereocenters. The maximum atomic E-state index is 12.4. The van der Waals surface area contributed by atoms with Crippen molar-refractivity contribution < 1.29 is 18.7 Å². The number of rotatable bonds is 4. The first-order valence-corrected chi connectivity index (χ1v) is 4.80. The Hall–Kier alpha value is -1.16. The lowest BCUT2D eigenvalue weighted by Gasteiger charge is -2.05. The number of aromatic hydroxyl groups is 1. The third kappa shape index (κ3) is 2.89. The Balaban J connectivity index is 3.02. The summed E-state index contributed by atoms with van der Waals surface area (Å²) in [5.41, 5.74) is -0.390. The molecule has 0 fully saturated rings. The Kier molecular flexibility index (Phi) is 4.03. The zero-order chi connectivity index (χ0) is 11.4. The van der Waals surface area contributed by atoms with Crippen LogP contribution >= 0.6 is 11.6 Å². The number of alkyl halides is 3. The van der Waals surface area contributed by atoms with Gasteiger partial charge in [-0.15, -0.1) is 11.6 Å². The maximum Gasteiger partial charge on any atom is 0.267 e. The van der Waals surface area contributed by atoms with E-state index in [2.05, 4.69) is 0 Å². The topological polar surface area (TPSA) is 37.3 Å². The minimum Gasteiger partial charge on any atom is -0.507 e. The summed E-state index contributed by atoms with van der Waals surface area (Å²) in [6, 6.07) is 3.38. The van der Waals surface area contributed by atoms with Crippen molar-refractivity contribution in [1.82, 2.24) is 0 Å².